The van der Waals surface area contributed by atoms with Crippen LogP contribution in [-0.4, -0.2) is 24.0 Å². The Morgan fingerprint density at radius 2 is 1.78 bits per heavy atom. The fourth-order valence-corrected chi connectivity index (χ4v) is 3.14. The highest BCUT2D eigenvalue weighted by atomic mass is 35.5. The molecule has 1 aromatic rings. The van der Waals surface area contributed by atoms with Gasteiger partial charge in [-0.15, -0.1) is 0 Å². The topological polar surface area (TPSA) is 79.2 Å². The second kappa shape index (κ2) is 7.67. The van der Waals surface area contributed by atoms with Crippen molar-refractivity contribution in [3.05, 3.63) is 33.8 Å². The summed E-state index contributed by atoms with van der Waals surface area (Å²) in [6.45, 7) is -0.452. The SMILES string of the molecule is N#CC1(NC(=O)COC(=O)c2cc(Cl)cc(Cl)c2)CCCCC1. The number of rotatable bonds is 4. The van der Waals surface area contributed by atoms with Crippen molar-refractivity contribution in [2.75, 3.05) is 6.61 Å². The van der Waals surface area contributed by atoms with Gasteiger partial charge in [0.1, 0.15) is 5.54 Å². The monoisotopic (exact) mass is 354 g/mol. The number of hydrogen-bond acceptors (Lipinski definition) is 4. The first-order valence-electron chi connectivity index (χ1n) is 7.30. The summed E-state index contributed by atoms with van der Waals surface area (Å²) in [5.41, 5.74) is -0.677. The van der Waals surface area contributed by atoms with Crippen LogP contribution in [0.15, 0.2) is 18.2 Å². The maximum atomic E-state index is 12.0. The number of ether oxygens (including phenoxy) is 1. The lowest BCUT2D eigenvalue weighted by atomic mass is 9.83. The Labute approximate surface area is 144 Å². The summed E-state index contributed by atoms with van der Waals surface area (Å²) < 4.78 is 4.95. The molecule has 1 N–H and O–H groups in total. The van der Waals surface area contributed by atoms with E-state index >= 15 is 0 Å². The summed E-state index contributed by atoms with van der Waals surface area (Å²) in [6, 6.07) is 6.48. The highest BCUT2D eigenvalue weighted by molar-refractivity contribution is 6.35. The molecule has 5 nitrogen and oxygen atoms in total. The molecule has 1 aliphatic rings. The van der Waals surface area contributed by atoms with Crippen molar-refractivity contribution in [2.45, 2.75) is 37.6 Å². The molecule has 7 heteroatoms. The second-order valence-electron chi connectivity index (χ2n) is 5.54. The Kier molecular flexibility index (Phi) is 5.86. The van der Waals surface area contributed by atoms with Gasteiger partial charge < -0.3 is 10.1 Å². The molecular formula is C16H16Cl2N2O3. The zero-order valence-corrected chi connectivity index (χ0v) is 13.9. The van der Waals surface area contributed by atoms with Crippen LogP contribution in [0.4, 0.5) is 0 Å². The van der Waals surface area contributed by atoms with Gasteiger partial charge in [-0.05, 0) is 31.0 Å². The van der Waals surface area contributed by atoms with Gasteiger partial charge in [0.05, 0.1) is 11.6 Å². The minimum absolute atomic E-state index is 0.169. The largest absolute Gasteiger partial charge is 0.452 e. The average Bonchev–Trinajstić information content (AvgIpc) is 2.52. The minimum atomic E-state index is -0.846. The molecule has 0 aliphatic heterocycles. The lowest BCUT2D eigenvalue weighted by Crippen LogP contribution is -2.50. The first-order valence-corrected chi connectivity index (χ1v) is 8.05. The van der Waals surface area contributed by atoms with Gasteiger partial charge >= 0.3 is 5.97 Å². The van der Waals surface area contributed by atoms with E-state index < -0.39 is 24.0 Å². The third-order valence-corrected chi connectivity index (χ3v) is 4.17. The summed E-state index contributed by atoms with van der Waals surface area (Å²) in [5, 5.41) is 12.6. The molecule has 0 aromatic heterocycles. The van der Waals surface area contributed by atoms with Crippen molar-refractivity contribution in [2.24, 2.45) is 0 Å². The van der Waals surface area contributed by atoms with Crippen molar-refractivity contribution >= 4 is 35.1 Å². The summed E-state index contributed by atoms with van der Waals surface area (Å²) in [7, 11) is 0. The third-order valence-electron chi connectivity index (χ3n) is 3.73. The number of benzene rings is 1. The summed E-state index contributed by atoms with van der Waals surface area (Å²) in [4.78, 5) is 23.9. The fraction of sp³-hybridized carbons (Fsp3) is 0.438. The Morgan fingerprint density at radius 3 is 2.35 bits per heavy atom. The molecule has 1 fully saturated rings. The van der Waals surface area contributed by atoms with E-state index in [9.17, 15) is 14.9 Å². The lowest BCUT2D eigenvalue weighted by Gasteiger charge is -2.31. The van der Waals surface area contributed by atoms with Crippen molar-refractivity contribution in [3.8, 4) is 6.07 Å². The molecular weight excluding hydrogens is 339 g/mol. The van der Waals surface area contributed by atoms with Crippen LogP contribution in [-0.2, 0) is 9.53 Å². The normalized spacial score (nSPS) is 16.2. The van der Waals surface area contributed by atoms with Crippen LogP contribution in [0, 0.1) is 11.3 Å². The standard InChI is InChI=1S/C16H16Cl2N2O3/c17-12-6-11(7-13(18)8-12)15(22)23-9-14(21)20-16(10-19)4-2-1-3-5-16/h6-8H,1-5,9H2,(H,20,21). The Hall–Kier alpha value is -1.77. The Balaban J connectivity index is 1.91. The zero-order chi connectivity index (χ0) is 16.9. The van der Waals surface area contributed by atoms with Gasteiger partial charge in [0.25, 0.3) is 5.91 Å². The van der Waals surface area contributed by atoms with E-state index in [0.29, 0.717) is 22.9 Å². The Morgan fingerprint density at radius 1 is 1.17 bits per heavy atom. The number of carbonyl (C=O) groups is 2. The second-order valence-corrected chi connectivity index (χ2v) is 6.41. The number of esters is 1. The van der Waals surface area contributed by atoms with Gasteiger partial charge in [0.15, 0.2) is 6.61 Å². The maximum Gasteiger partial charge on any atom is 0.338 e. The predicted octanol–water partition coefficient (Wildman–Crippen LogP) is 3.49. The van der Waals surface area contributed by atoms with Crippen LogP contribution in [0.2, 0.25) is 10.0 Å². The molecule has 122 valence electrons. The number of halogens is 2. The van der Waals surface area contributed by atoms with Gasteiger partial charge in [-0.1, -0.05) is 42.5 Å². The van der Waals surface area contributed by atoms with Gasteiger partial charge in [-0.2, -0.15) is 5.26 Å². The van der Waals surface area contributed by atoms with E-state index in [1.54, 1.807) is 0 Å². The fourth-order valence-electron chi connectivity index (χ4n) is 2.61. The minimum Gasteiger partial charge on any atom is -0.452 e. The van der Waals surface area contributed by atoms with E-state index in [0.717, 1.165) is 19.3 Å². The lowest BCUT2D eigenvalue weighted by molar-refractivity contribution is -0.125. The molecule has 1 amide bonds. The highest BCUT2D eigenvalue weighted by Gasteiger charge is 2.33. The van der Waals surface area contributed by atoms with Crippen LogP contribution in [0.3, 0.4) is 0 Å². The van der Waals surface area contributed by atoms with E-state index in [2.05, 4.69) is 11.4 Å². The van der Waals surface area contributed by atoms with Crippen LogP contribution >= 0.6 is 23.2 Å². The van der Waals surface area contributed by atoms with E-state index in [1.165, 1.54) is 18.2 Å². The number of hydrogen-bond donors (Lipinski definition) is 1. The maximum absolute atomic E-state index is 12.0. The highest BCUT2D eigenvalue weighted by Crippen LogP contribution is 2.27. The predicted molar refractivity (Wildman–Crippen MR) is 86.3 cm³/mol. The molecule has 1 aromatic carbocycles. The van der Waals surface area contributed by atoms with Crippen LogP contribution in [0.25, 0.3) is 0 Å². The molecule has 0 atom stereocenters. The molecule has 1 aliphatic carbocycles. The molecule has 0 radical (unpaired) electrons. The van der Waals surface area contributed by atoms with Crippen molar-refractivity contribution in [1.29, 1.82) is 5.26 Å². The van der Waals surface area contributed by atoms with Gasteiger partial charge in [-0.25, -0.2) is 4.79 Å². The first kappa shape index (κ1) is 17.6. The number of nitrogens with zero attached hydrogens (tertiary/aromatic N) is 1. The molecule has 0 heterocycles. The van der Waals surface area contributed by atoms with Gasteiger partial charge in [0, 0.05) is 10.0 Å². The summed E-state index contributed by atoms with van der Waals surface area (Å²) >= 11 is 11.6. The third kappa shape index (κ3) is 4.85. The Bertz CT molecular complexity index is 629. The number of nitrogens with one attached hydrogen (secondary N) is 1. The van der Waals surface area contributed by atoms with E-state index in [-0.39, 0.29) is 5.56 Å². The van der Waals surface area contributed by atoms with Crippen LogP contribution in [0.5, 0.6) is 0 Å². The van der Waals surface area contributed by atoms with E-state index in [1.807, 2.05) is 0 Å². The summed E-state index contributed by atoms with van der Waals surface area (Å²) in [6.07, 6.45) is 4.09. The number of carbonyl (C=O) groups excluding carboxylic acids is 2. The molecule has 0 unspecified atom stereocenters. The molecule has 0 spiro atoms. The first-order chi connectivity index (χ1) is 10.9. The molecule has 0 bridgehead atoms. The van der Waals surface area contributed by atoms with Crippen molar-refractivity contribution < 1.29 is 14.3 Å². The van der Waals surface area contributed by atoms with Crippen molar-refractivity contribution in [3.63, 3.8) is 0 Å². The molecule has 0 saturated heterocycles. The molecule has 1 saturated carbocycles. The van der Waals surface area contributed by atoms with Crippen LogP contribution in [0.1, 0.15) is 42.5 Å². The number of amides is 1. The van der Waals surface area contributed by atoms with Crippen molar-refractivity contribution in [1.82, 2.24) is 5.32 Å². The smallest absolute Gasteiger partial charge is 0.338 e. The van der Waals surface area contributed by atoms with Crippen LogP contribution < -0.4 is 5.32 Å². The average molecular weight is 355 g/mol. The quantitative estimate of drug-likeness (QED) is 0.839. The molecule has 2 rings (SSSR count). The molecule has 23 heavy (non-hydrogen) atoms. The number of nitriles is 1. The van der Waals surface area contributed by atoms with E-state index in [4.69, 9.17) is 27.9 Å². The van der Waals surface area contributed by atoms with Gasteiger partial charge in [0.2, 0.25) is 0 Å². The van der Waals surface area contributed by atoms with Gasteiger partial charge in [-0.3, -0.25) is 4.79 Å². The summed E-state index contributed by atoms with van der Waals surface area (Å²) in [5.74, 6) is -1.19. The zero-order valence-electron chi connectivity index (χ0n) is 12.4.